The van der Waals surface area contributed by atoms with Gasteiger partial charge < -0.3 is 25.5 Å². The van der Waals surface area contributed by atoms with Gasteiger partial charge >= 0.3 is 0 Å². The summed E-state index contributed by atoms with van der Waals surface area (Å²) in [7, 11) is 1.58. The van der Waals surface area contributed by atoms with E-state index in [0.717, 1.165) is 38.5 Å². The van der Waals surface area contributed by atoms with E-state index in [-0.39, 0.29) is 22.9 Å². The second-order valence-corrected chi connectivity index (χ2v) is 13.5. The minimum Gasteiger partial charge on any atom is -0.505 e. The van der Waals surface area contributed by atoms with Crippen molar-refractivity contribution in [1.29, 1.82) is 0 Å². The molecule has 2 amide bonds. The molecule has 7 aromatic rings. The van der Waals surface area contributed by atoms with Crippen molar-refractivity contribution < 1.29 is 19.4 Å². The van der Waals surface area contributed by atoms with Crippen LogP contribution in [0, 0.1) is 20.8 Å². The highest BCUT2D eigenvalue weighted by molar-refractivity contribution is 6.43. The fourth-order valence-electron chi connectivity index (χ4n) is 6.65. The van der Waals surface area contributed by atoms with E-state index in [1.807, 2.05) is 63.2 Å². The van der Waals surface area contributed by atoms with Crippen molar-refractivity contribution in [2.24, 2.45) is 15.2 Å². The third-order valence-electron chi connectivity index (χ3n) is 9.62. The summed E-state index contributed by atoms with van der Waals surface area (Å²) in [5.74, 6) is -0.245. The number of fused-ring (bicyclic) bond motifs is 6. The lowest BCUT2D eigenvalue weighted by molar-refractivity contribution is 0.0981. The van der Waals surface area contributed by atoms with Crippen molar-refractivity contribution in [2.75, 3.05) is 12.4 Å². The number of rotatable bonds is 6. The van der Waals surface area contributed by atoms with E-state index >= 15 is 0 Å². The molecule has 0 unspecified atom stereocenters. The Morgan fingerprint density at radius 1 is 0.830 bits per heavy atom. The Morgan fingerprint density at radius 3 is 2.28 bits per heavy atom. The highest BCUT2D eigenvalue weighted by atomic mass is 35.5. The number of aromatic nitrogens is 1. The van der Waals surface area contributed by atoms with E-state index in [0.29, 0.717) is 60.6 Å². The van der Waals surface area contributed by atoms with Crippen LogP contribution in [-0.4, -0.2) is 34.9 Å². The number of ether oxygens (including phenoxy) is 1. The van der Waals surface area contributed by atoms with Gasteiger partial charge in [0.2, 0.25) is 0 Å². The average Bonchev–Trinajstić information content (AvgIpc) is 3.70. The molecule has 0 fully saturated rings. The summed E-state index contributed by atoms with van der Waals surface area (Å²) in [6.07, 6.45) is 0. The van der Waals surface area contributed by atoms with Crippen molar-refractivity contribution in [3.8, 4) is 11.5 Å². The summed E-state index contributed by atoms with van der Waals surface area (Å²) < 4.78 is 5.30. The first-order valence-electron chi connectivity index (χ1n) is 16.6. The average molecular weight is 742 g/mol. The molecule has 0 atom stereocenters. The topological polar surface area (TPSA) is 141 Å². The van der Waals surface area contributed by atoms with Crippen LogP contribution in [0.1, 0.15) is 43.0 Å². The third kappa shape index (κ3) is 5.72. The van der Waals surface area contributed by atoms with E-state index in [2.05, 4.69) is 30.8 Å². The van der Waals surface area contributed by atoms with Crippen LogP contribution in [0.2, 0.25) is 10.0 Å². The molecule has 8 rings (SSSR count). The number of phenols is 1. The predicted molar refractivity (Wildman–Crippen MR) is 211 cm³/mol. The molecule has 10 nitrogen and oxygen atoms in total. The van der Waals surface area contributed by atoms with Crippen LogP contribution in [0.15, 0.2) is 100 Å². The molecule has 2 heterocycles. The SMILES string of the molecule is COc1ccc(NC(=O)c2cc3ccc4c5ccccc5[nH]c4c3c(N=Nc3ccc(N=C4NC(=O)c5c(Cl)c(C)c(C)c(Cl)c54)cc3)c2O)c(C)c1. The number of azo groups is 1. The second-order valence-electron chi connectivity index (χ2n) is 12.8. The van der Waals surface area contributed by atoms with E-state index in [9.17, 15) is 14.7 Å². The van der Waals surface area contributed by atoms with Crippen molar-refractivity contribution in [3.63, 3.8) is 0 Å². The van der Waals surface area contributed by atoms with Gasteiger partial charge in [0.05, 0.1) is 50.7 Å². The Bertz CT molecular complexity index is 2770. The molecule has 1 aliphatic heterocycles. The maximum Gasteiger partial charge on any atom is 0.259 e. The number of carbonyl (C=O) groups excluding carboxylic acids is 2. The van der Waals surface area contributed by atoms with Gasteiger partial charge in [0.15, 0.2) is 5.75 Å². The van der Waals surface area contributed by atoms with Crippen molar-refractivity contribution in [2.45, 2.75) is 20.8 Å². The molecule has 53 heavy (non-hydrogen) atoms. The molecule has 0 saturated heterocycles. The number of aromatic amines is 1. The monoisotopic (exact) mass is 740 g/mol. The molecule has 0 bridgehead atoms. The van der Waals surface area contributed by atoms with Crippen LogP contribution >= 0.6 is 23.2 Å². The third-order valence-corrected chi connectivity index (χ3v) is 10.6. The molecule has 12 heteroatoms. The number of nitrogens with zero attached hydrogens (tertiary/aromatic N) is 3. The molecule has 0 spiro atoms. The number of para-hydroxylation sites is 1. The zero-order chi connectivity index (χ0) is 37.1. The van der Waals surface area contributed by atoms with Gasteiger partial charge in [-0.25, -0.2) is 4.99 Å². The highest BCUT2D eigenvalue weighted by Crippen LogP contribution is 2.44. The summed E-state index contributed by atoms with van der Waals surface area (Å²) in [5.41, 5.74) is 6.46. The van der Waals surface area contributed by atoms with Gasteiger partial charge in [-0.3, -0.25) is 9.59 Å². The lowest BCUT2D eigenvalue weighted by Gasteiger charge is -2.13. The van der Waals surface area contributed by atoms with Crippen LogP contribution in [-0.2, 0) is 0 Å². The summed E-state index contributed by atoms with van der Waals surface area (Å²) in [6, 6.07) is 25.6. The number of aromatic hydroxyl groups is 1. The Labute approximate surface area is 313 Å². The van der Waals surface area contributed by atoms with Gasteiger partial charge in [-0.15, -0.1) is 5.11 Å². The summed E-state index contributed by atoms with van der Waals surface area (Å²) in [5, 5.41) is 30.5. The number of H-pyrrole nitrogens is 1. The van der Waals surface area contributed by atoms with Crippen LogP contribution in [0.25, 0.3) is 32.6 Å². The zero-order valence-electron chi connectivity index (χ0n) is 28.9. The fourth-order valence-corrected chi connectivity index (χ4v) is 7.30. The highest BCUT2D eigenvalue weighted by Gasteiger charge is 2.33. The van der Waals surface area contributed by atoms with Gasteiger partial charge in [0, 0.05) is 27.4 Å². The van der Waals surface area contributed by atoms with Gasteiger partial charge in [-0.1, -0.05) is 53.5 Å². The van der Waals surface area contributed by atoms with E-state index in [1.54, 1.807) is 49.6 Å². The second kappa shape index (κ2) is 13.1. The standard InChI is InChI=1S/C41H30Cl2N6O4/c1-19-17-25(53-4)14-16-29(19)46-40(51)28-18-22-9-15-27-26-7-5-6-8-30(26)45-36(27)31(22)37(38(28)50)49-48-24-12-10-23(11-13-24)44-39-32-33(41(52)47-39)35(43)21(3)20(2)34(32)42/h5-18,45,50H,1-4H3,(H,46,51)(H,44,47,52). The number of amides is 2. The van der Waals surface area contributed by atoms with Crippen molar-refractivity contribution >= 4 is 96.2 Å². The molecule has 6 aromatic carbocycles. The molecule has 0 saturated carbocycles. The van der Waals surface area contributed by atoms with Crippen LogP contribution < -0.4 is 15.4 Å². The lowest BCUT2D eigenvalue weighted by Crippen LogP contribution is -2.21. The number of hydrogen-bond donors (Lipinski definition) is 4. The number of phenolic OH excluding ortho intramolecular Hbond substituents is 1. The Kier molecular flexibility index (Phi) is 8.36. The Hall–Kier alpha value is -6.23. The molecule has 1 aromatic heterocycles. The Balaban J connectivity index is 1.20. The first-order chi connectivity index (χ1) is 25.5. The molecule has 4 N–H and O–H groups in total. The number of anilines is 1. The number of aliphatic imine (C=N–C) groups is 1. The number of hydrogen-bond acceptors (Lipinski definition) is 7. The Morgan fingerprint density at radius 2 is 1.55 bits per heavy atom. The fraction of sp³-hybridized carbons (Fsp3) is 0.0976. The van der Waals surface area contributed by atoms with Gasteiger partial charge in [-0.05, 0) is 97.4 Å². The lowest BCUT2D eigenvalue weighted by atomic mass is 10.00. The largest absolute Gasteiger partial charge is 0.505 e. The normalized spacial score (nSPS) is 13.4. The van der Waals surface area contributed by atoms with Gasteiger partial charge in [0.1, 0.15) is 17.3 Å². The molecule has 0 radical (unpaired) electrons. The minimum absolute atomic E-state index is 0.0337. The minimum atomic E-state index is -0.512. The maximum atomic E-state index is 13.7. The molecule has 262 valence electrons. The van der Waals surface area contributed by atoms with Crippen LogP contribution in [0.4, 0.5) is 22.7 Å². The van der Waals surface area contributed by atoms with Crippen molar-refractivity contribution in [1.82, 2.24) is 10.3 Å². The molecular weight excluding hydrogens is 711 g/mol. The quantitative estimate of drug-likeness (QED) is 0.126. The summed E-state index contributed by atoms with van der Waals surface area (Å²) in [6.45, 7) is 5.52. The van der Waals surface area contributed by atoms with Gasteiger partial charge in [0.25, 0.3) is 11.8 Å². The number of amidine groups is 1. The first-order valence-corrected chi connectivity index (χ1v) is 17.3. The maximum absolute atomic E-state index is 13.7. The zero-order valence-corrected chi connectivity index (χ0v) is 30.4. The van der Waals surface area contributed by atoms with Crippen LogP contribution in [0.5, 0.6) is 11.5 Å². The number of halogens is 2. The van der Waals surface area contributed by atoms with E-state index in [1.165, 1.54) is 0 Å². The number of nitrogens with one attached hydrogen (secondary N) is 3. The molecular formula is C41H30Cl2N6O4. The smallest absolute Gasteiger partial charge is 0.259 e. The molecule has 1 aliphatic rings. The number of aryl methyl sites for hydroxylation is 1. The van der Waals surface area contributed by atoms with E-state index < -0.39 is 5.91 Å². The first kappa shape index (κ1) is 33.9. The number of benzene rings is 6. The van der Waals surface area contributed by atoms with Crippen molar-refractivity contribution in [3.05, 3.63) is 128 Å². The predicted octanol–water partition coefficient (Wildman–Crippen LogP) is 10.9. The van der Waals surface area contributed by atoms with Crippen LogP contribution in [0.3, 0.4) is 0 Å². The molecule has 0 aliphatic carbocycles. The summed E-state index contributed by atoms with van der Waals surface area (Å²) >= 11 is 13.2. The number of methoxy groups -OCH3 is 1. The van der Waals surface area contributed by atoms with E-state index in [4.69, 9.17) is 27.9 Å². The summed E-state index contributed by atoms with van der Waals surface area (Å²) in [4.78, 5) is 34.7. The van der Waals surface area contributed by atoms with Gasteiger partial charge in [-0.2, -0.15) is 5.11 Å². The number of carbonyl (C=O) groups is 2.